The van der Waals surface area contributed by atoms with Gasteiger partial charge in [0.15, 0.2) is 5.82 Å². The van der Waals surface area contributed by atoms with Crippen LogP contribution in [0.1, 0.15) is 58.6 Å². The second-order valence-corrected chi connectivity index (χ2v) is 10.2. The van der Waals surface area contributed by atoms with Gasteiger partial charge in [-0.1, -0.05) is 20.8 Å². The van der Waals surface area contributed by atoms with E-state index in [9.17, 15) is 4.79 Å². The lowest BCUT2D eigenvalue weighted by Crippen LogP contribution is -2.48. The number of ether oxygens (including phenoxy) is 2. The minimum absolute atomic E-state index is 0.0697. The molecule has 1 aliphatic heterocycles. The van der Waals surface area contributed by atoms with Crippen molar-refractivity contribution in [2.45, 2.75) is 79.1 Å². The molecule has 1 amide bonds. The Kier molecular flexibility index (Phi) is 6.05. The highest BCUT2D eigenvalue weighted by Crippen LogP contribution is 2.27. The maximum Gasteiger partial charge on any atom is 0.410 e. The standard InChI is InChI=1S/C23H36N4O3/c1-16-9-10-17(2)27(16)20-13-19(22(3,4)5)26(24-20)15-18-14-25(11-12-29-18)21(28)30-23(6,7)8/h9-10,13,18H,11-12,14-15H2,1-8H3/t18-/m0/s1. The zero-order valence-corrected chi connectivity index (χ0v) is 19.7. The number of carbonyl (C=O) groups is 1. The summed E-state index contributed by atoms with van der Waals surface area (Å²) in [4.78, 5) is 14.2. The number of nitrogens with zero attached hydrogens (tertiary/aromatic N) is 4. The number of morpholine rings is 1. The SMILES string of the molecule is Cc1ccc(C)n1-c1cc(C(C)(C)C)n(C[C@@H]2CN(C(=O)OC(C)(C)C)CCO2)n1. The van der Waals surface area contributed by atoms with Gasteiger partial charge < -0.3 is 18.9 Å². The molecule has 1 atom stereocenters. The normalized spacial score (nSPS) is 18.0. The topological polar surface area (TPSA) is 61.5 Å². The molecule has 1 saturated heterocycles. The van der Waals surface area contributed by atoms with Crippen molar-refractivity contribution < 1.29 is 14.3 Å². The Morgan fingerprint density at radius 1 is 1.17 bits per heavy atom. The van der Waals surface area contributed by atoms with E-state index in [0.717, 1.165) is 22.9 Å². The van der Waals surface area contributed by atoms with E-state index >= 15 is 0 Å². The molecule has 30 heavy (non-hydrogen) atoms. The molecule has 0 aromatic carbocycles. The number of rotatable bonds is 3. The van der Waals surface area contributed by atoms with Crippen molar-refractivity contribution in [3.05, 3.63) is 35.3 Å². The Morgan fingerprint density at radius 2 is 1.80 bits per heavy atom. The molecule has 2 aromatic rings. The Morgan fingerprint density at radius 3 is 2.37 bits per heavy atom. The Hall–Kier alpha value is -2.28. The molecule has 0 N–H and O–H groups in total. The van der Waals surface area contributed by atoms with Crippen LogP contribution in [-0.4, -0.2) is 56.7 Å². The molecule has 3 heterocycles. The van der Waals surface area contributed by atoms with Gasteiger partial charge in [0.25, 0.3) is 0 Å². The fourth-order valence-electron chi connectivity index (χ4n) is 3.80. The van der Waals surface area contributed by atoms with Crippen LogP contribution in [0, 0.1) is 13.8 Å². The van der Waals surface area contributed by atoms with Crippen LogP contribution in [-0.2, 0) is 21.4 Å². The number of carbonyl (C=O) groups excluding carboxylic acids is 1. The van der Waals surface area contributed by atoms with Crippen LogP contribution < -0.4 is 0 Å². The van der Waals surface area contributed by atoms with Crippen LogP contribution in [0.25, 0.3) is 5.82 Å². The molecule has 0 radical (unpaired) electrons. The van der Waals surface area contributed by atoms with Crippen molar-refractivity contribution in [3.63, 3.8) is 0 Å². The van der Waals surface area contributed by atoms with Gasteiger partial charge >= 0.3 is 6.09 Å². The summed E-state index contributed by atoms with van der Waals surface area (Å²) in [6.07, 6.45) is -0.418. The number of amides is 1. The predicted octanol–water partition coefficient (Wildman–Crippen LogP) is 4.22. The first-order valence-corrected chi connectivity index (χ1v) is 10.7. The van der Waals surface area contributed by atoms with E-state index < -0.39 is 5.60 Å². The van der Waals surface area contributed by atoms with E-state index in [0.29, 0.717) is 26.2 Å². The Labute approximate surface area is 179 Å². The minimum atomic E-state index is -0.506. The van der Waals surface area contributed by atoms with Crippen LogP contribution in [0.2, 0.25) is 0 Å². The van der Waals surface area contributed by atoms with E-state index in [1.807, 2.05) is 25.5 Å². The van der Waals surface area contributed by atoms with Crippen molar-refractivity contribution in [2.75, 3.05) is 19.7 Å². The number of hydrogen-bond donors (Lipinski definition) is 0. The highest BCUT2D eigenvalue weighted by Gasteiger charge is 2.30. The molecule has 0 saturated carbocycles. The maximum atomic E-state index is 12.5. The van der Waals surface area contributed by atoms with E-state index in [-0.39, 0.29) is 17.6 Å². The number of aromatic nitrogens is 3. The lowest BCUT2D eigenvalue weighted by atomic mass is 9.92. The summed E-state index contributed by atoms with van der Waals surface area (Å²) in [5.41, 5.74) is 2.88. The molecule has 7 nitrogen and oxygen atoms in total. The average molecular weight is 417 g/mol. The quantitative estimate of drug-likeness (QED) is 0.751. The minimum Gasteiger partial charge on any atom is -0.444 e. The third kappa shape index (κ3) is 5.06. The van der Waals surface area contributed by atoms with Gasteiger partial charge in [0.2, 0.25) is 0 Å². The summed E-state index contributed by atoms with van der Waals surface area (Å²) in [6, 6.07) is 6.37. The van der Waals surface area contributed by atoms with Gasteiger partial charge in [-0.2, -0.15) is 5.10 Å². The molecule has 0 aliphatic carbocycles. The fraction of sp³-hybridized carbons (Fsp3) is 0.652. The second-order valence-electron chi connectivity index (χ2n) is 10.2. The highest BCUT2D eigenvalue weighted by atomic mass is 16.6. The zero-order chi connectivity index (χ0) is 22.3. The summed E-state index contributed by atoms with van der Waals surface area (Å²) in [6.45, 7) is 18.5. The van der Waals surface area contributed by atoms with Crippen LogP contribution in [0.15, 0.2) is 18.2 Å². The van der Waals surface area contributed by atoms with E-state index in [2.05, 4.69) is 57.4 Å². The Balaban J connectivity index is 1.82. The number of hydrogen-bond acceptors (Lipinski definition) is 4. The molecule has 166 valence electrons. The predicted molar refractivity (Wildman–Crippen MR) is 117 cm³/mol. The van der Waals surface area contributed by atoms with Gasteiger partial charge in [0.05, 0.1) is 25.8 Å². The van der Waals surface area contributed by atoms with Crippen molar-refractivity contribution in [3.8, 4) is 5.82 Å². The van der Waals surface area contributed by atoms with E-state index in [4.69, 9.17) is 14.6 Å². The van der Waals surface area contributed by atoms with Crippen LogP contribution in [0.3, 0.4) is 0 Å². The highest BCUT2D eigenvalue weighted by molar-refractivity contribution is 5.68. The molecule has 7 heteroatoms. The van der Waals surface area contributed by atoms with E-state index in [1.54, 1.807) is 4.90 Å². The smallest absolute Gasteiger partial charge is 0.410 e. The Bertz CT molecular complexity index is 879. The number of aryl methyl sites for hydroxylation is 2. The van der Waals surface area contributed by atoms with Gasteiger partial charge in [-0.3, -0.25) is 4.68 Å². The lowest BCUT2D eigenvalue weighted by Gasteiger charge is -2.34. The largest absolute Gasteiger partial charge is 0.444 e. The summed E-state index contributed by atoms with van der Waals surface area (Å²) in [7, 11) is 0. The van der Waals surface area contributed by atoms with Gasteiger partial charge in [-0.25, -0.2) is 4.79 Å². The van der Waals surface area contributed by atoms with Crippen molar-refractivity contribution in [1.29, 1.82) is 0 Å². The van der Waals surface area contributed by atoms with Crippen LogP contribution in [0.5, 0.6) is 0 Å². The van der Waals surface area contributed by atoms with Crippen molar-refractivity contribution >= 4 is 6.09 Å². The first kappa shape index (κ1) is 22.4. The van der Waals surface area contributed by atoms with Crippen molar-refractivity contribution in [2.24, 2.45) is 0 Å². The van der Waals surface area contributed by atoms with Gasteiger partial charge in [0.1, 0.15) is 5.60 Å². The zero-order valence-electron chi connectivity index (χ0n) is 19.7. The van der Waals surface area contributed by atoms with Crippen LogP contribution >= 0.6 is 0 Å². The summed E-state index contributed by atoms with van der Waals surface area (Å²) in [5, 5.41) is 4.93. The first-order valence-electron chi connectivity index (χ1n) is 10.7. The second kappa shape index (κ2) is 8.10. The van der Waals surface area contributed by atoms with Gasteiger partial charge in [0, 0.05) is 35.1 Å². The molecule has 0 unspecified atom stereocenters. The third-order valence-corrected chi connectivity index (χ3v) is 5.20. The molecule has 2 aromatic heterocycles. The molecule has 0 bridgehead atoms. The average Bonchev–Trinajstić information content (AvgIpc) is 3.16. The summed E-state index contributed by atoms with van der Waals surface area (Å²) < 4.78 is 15.7. The van der Waals surface area contributed by atoms with Crippen LogP contribution in [0.4, 0.5) is 4.79 Å². The van der Waals surface area contributed by atoms with E-state index in [1.165, 1.54) is 0 Å². The maximum absolute atomic E-state index is 12.5. The fourth-order valence-corrected chi connectivity index (χ4v) is 3.80. The molecular weight excluding hydrogens is 380 g/mol. The lowest BCUT2D eigenvalue weighted by molar-refractivity contribution is -0.0487. The molecular formula is C23H36N4O3. The molecule has 0 spiro atoms. The molecule has 1 aliphatic rings. The van der Waals surface area contributed by atoms with Gasteiger partial charge in [-0.15, -0.1) is 0 Å². The summed E-state index contributed by atoms with van der Waals surface area (Å²) in [5.74, 6) is 0.916. The molecule has 3 rings (SSSR count). The monoisotopic (exact) mass is 416 g/mol. The summed E-state index contributed by atoms with van der Waals surface area (Å²) >= 11 is 0. The van der Waals surface area contributed by atoms with Crippen molar-refractivity contribution in [1.82, 2.24) is 19.2 Å². The third-order valence-electron chi connectivity index (χ3n) is 5.20. The molecule has 1 fully saturated rings. The first-order chi connectivity index (χ1) is 13.8. The van der Waals surface area contributed by atoms with Gasteiger partial charge in [-0.05, 0) is 46.8 Å².